The van der Waals surface area contributed by atoms with Gasteiger partial charge >= 0.3 is 12.4 Å². The van der Waals surface area contributed by atoms with Crippen LogP contribution in [-0.4, -0.2) is 12.4 Å². The first-order valence-corrected chi connectivity index (χ1v) is 10.8. The third-order valence-corrected chi connectivity index (χ3v) is 7.33. The van der Waals surface area contributed by atoms with Crippen LogP contribution >= 0.6 is 11.3 Å². The van der Waals surface area contributed by atoms with Crippen molar-refractivity contribution < 1.29 is 26.3 Å². The van der Waals surface area contributed by atoms with Crippen molar-refractivity contribution in [1.29, 1.82) is 10.5 Å². The maximum Gasteiger partial charge on any atom is 0.408 e. The fourth-order valence-corrected chi connectivity index (χ4v) is 6.04. The number of aryl methyl sites for hydroxylation is 1. The van der Waals surface area contributed by atoms with Gasteiger partial charge in [-0.3, -0.25) is 4.90 Å². The molecule has 32 heavy (non-hydrogen) atoms. The lowest BCUT2D eigenvalue weighted by Gasteiger charge is -2.49. The molecule has 2 N–H and O–H groups in total. The van der Waals surface area contributed by atoms with E-state index in [0.29, 0.717) is 23.3 Å². The number of allylic oxidation sites excluding steroid dienone is 3. The van der Waals surface area contributed by atoms with E-state index in [1.54, 1.807) is 13.8 Å². The molecule has 1 atom stereocenters. The quantitative estimate of drug-likeness (QED) is 0.519. The second-order valence-corrected chi connectivity index (χ2v) is 8.96. The Balaban J connectivity index is 2.48. The van der Waals surface area contributed by atoms with Crippen molar-refractivity contribution in [2.45, 2.75) is 58.3 Å². The van der Waals surface area contributed by atoms with Gasteiger partial charge in [0.2, 0.25) is 5.41 Å². The third kappa shape index (κ3) is 3.17. The van der Waals surface area contributed by atoms with Crippen molar-refractivity contribution in [2.24, 2.45) is 17.1 Å². The Morgan fingerprint density at radius 3 is 2.28 bits per heavy atom. The molecule has 0 radical (unpaired) electrons. The highest BCUT2D eigenvalue weighted by Gasteiger charge is 2.78. The van der Waals surface area contributed by atoms with E-state index in [4.69, 9.17) is 5.73 Å². The Morgan fingerprint density at radius 1 is 1.16 bits per heavy atom. The van der Waals surface area contributed by atoms with E-state index in [2.05, 4.69) is 0 Å². The molecule has 2 heterocycles. The molecule has 1 aliphatic heterocycles. The summed E-state index contributed by atoms with van der Waals surface area (Å²) in [6.07, 6.45) is -9.46. The average molecular weight is 474 g/mol. The summed E-state index contributed by atoms with van der Waals surface area (Å²) in [7, 11) is 0. The topological polar surface area (TPSA) is 76.8 Å². The van der Waals surface area contributed by atoms with Crippen molar-refractivity contribution in [2.75, 3.05) is 4.90 Å². The molecule has 0 bridgehead atoms. The molecule has 1 aromatic heterocycles. The fraction of sp³-hybridized carbons (Fsp3) is 0.524. The SMILES string of the molecule is CCc1c(C)sc(N2C3=CCCCCC3C(C(F)(F)F)(C(F)(F)F)C(C#N)=C2N)c1C#N. The summed E-state index contributed by atoms with van der Waals surface area (Å²) >= 11 is 1.07. The van der Waals surface area contributed by atoms with Crippen LogP contribution in [-0.2, 0) is 6.42 Å². The van der Waals surface area contributed by atoms with Crippen LogP contribution in [0.2, 0.25) is 0 Å². The Kier molecular flexibility index (Phi) is 6.03. The predicted molar refractivity (Wildman–Crippen MR) is 107 cm³/mol. The number of halogens is 6. The highest BCUT2D eigenvalue weighted by atomic mass is 32.1. The molecule has 2 aliphatic rings. The summed E-state index contributed by atoms with van der Waals surface area (Å²) < 4.78 is 86.1. The van der Waals surface area contributed by atoms with Gasteiger partial charge in [-0.25, -0.2) is 0 Å². The first kappa shape index (κ1) is 24.0. The molecule has 1 aliphatic carbocycles. The van der Waals surface area contributed by atoms with E-state index >= 15 is 0 Å². The van der Waals surface area contributed by atoms with Gasteiger partial charge in [-0.15, -0.1) is 11.3 Å². The van der Waals surface area contributed by atoms with Crippen molar-refractivity contribution in [1.82, 2.24) is 0 Å². The molecule has 1 unspecified atom stereocenters. The van der Waals surface area contributed by atoms with Crippen molar-refractivity contribution >= 4 is 16.3 Å². The van der Waals surface area contributed by atoms with E-state index in [0.717, 1.165) is 22.3 Å². The van der Waals surface area contributed by atoms with Gasteiger partial charge in [0.15, 0.2) is 0 Å². The molecule has 0 fully saturated rings. The molecular formula is C21H20F6N4S. The molecule has 3 rings (SSSR count). The summed E-state index contributed by atoms with van der Waals surface area (Å²) in [5.41, 5.74) is 0.499. The zero-order valence-electron chi connectivity index (χ0n) is 17.3. The number of rotatable bonds is 2. The number of nitriles is 2. The summed E-state index contributed by atoms with van der Waals surface area (Å²) in [4.78, 5) is 1.79. The van der Waals surface area contributed by atoms with E-state index in [9.17, 15) is 36.9 Å². The van der Waals surface area contributed by atoms with Gasteiger partial charge in [0.1, 0.15) is 16.9 Å². The summed E-state index contributed by atoms with van der Waals surface area (Å²) in [5.74, 6) is -3.03. The van der Waals surface area contributed by atoms with Crippen LogP contribution in [0.3, 0.4) is 0 Å². The van der Waals surface area contributed by atoms with Crippen molar-refractivity contribution in [3.8, 4) is 12.1 Å². The largest absolute Gasteiger partial charge is 0.408 e. The van der Waals surface area contributed by atoms with Crippen LogP contribution in [0.15, 0.2) is 23.2 Å². The number of hydrogen-bond donors (Lipinski definition) is 1. The molecule has 0 amide bonds. The maximum atomic E-state index is 14.3. The highest BCUT2D eigenvalue weighted by Crippen LogP contribution is 2.65. The van der Waals surface area contributed by atoms with E-state index in [1.807, 2.05) is 6.07 Å². The Bertz CT molecular complexity index is 1050. The molecule has 4 nitrogen and oxygen atoms in total. The number of nitrogens with two attached hydrogens (primary N) is 1. The lowest BCUT2D eigenvalue weighted by molar-refractivity contribution is -0.339. The third-order valence-electron chi connectivity index (χ3n) is 6.19. The minimum atomic E-state index is -5.81. The van der Waals surface area contributed by atoms with Gasteiger partial charge in [0.05, 0.1) is 17.2 Å². The number of anilines is 1. The molecule has 1 aromatic rings. The normalized spacial score (nSPS) is 21.4. The lowest BCUT2D eigenvalue weighted by atomic mass is 9.63. The number of nitrogens with zero attached hydrogens (tertiary/aromatic N) is 3. The first-order chi connectivity index (χ1) is 14.9. The second kappa shape index (κ2) is 8.04. The smallest absolute Gasteiger partial charge is 0.384 e. The minimum Gasteiger partial charge on any atom is -0.384 e. The van der Waals surface area contributed by atoms with Gasteiger partial charge in [-0.2, -0.15) is 36.9 Å². The van der Waals surface area contributed by atoms with Crippen molar-refractivity contribution in [3.05, 3.63) is 39.2 Å². The molecule has 11 heteroatoms. The van der Waals surface area contributed by atoms with Crippen LogP contribution < -0.4 is 10.6 Å². The molecule has 0 aromatic carbocycles. The maximum absolute atomic E-state index is 14.3. The van der Waals surface area contributed by atoms with Gasteiger partial charge in [-0.1, -0.05) is 19.4 Å². The molecule has 172 valence electrons. The number of hydrogen-bond acceptors (Lipinski definition) is 5. The van der Waals surface area contributed by atoms with Crippen LogP contribution in [0.4, 0.5) is 31.3 Å². The van der Waals surface area contributed by atoms with E-state index in [1.165, 1.54) is 6.08 Å². The standard InChI is InChI=1S/C21H20F6N4S/c1-3-12-11(2)32-18(13(12)9-28)31-16-8-6-4-5-7-14(16)19(20(22,23)24,21(25,26)27)15(10-29)17(31)30/h8,14H,3-7,30H2,1-2H3. The van der Waals surface area contributed by atoms with Crippen LogP contribution in [0, 0.1) is 40.9 Å². The van der Waals surface area contributed by atoms with Gasteiger partial charge in [0, 0.05) is 16.5 Å². The fourth-order valence-electron chi connectivity index (χ4n) is 4.82. The van der Waals surface area contributed by atoms with Crippen LogP contribution in [0.1, 0.15) is 48.6 Å². The molecule has 0 saturated heterocycles. The Hall–Kier alpha value is -2.66. The van der Waals surface area contributed by atoms with E-state index in [-0.39, 0.29) is 29.1 Å². The Morgan fingerprint density at radius 2 is 1.78 bits per heavy atom. The summed E-state index contributed by atoms with van der Waals surface area (Å²) in [5, 5.41) is 19.5. The van der Waals surface area contributed by atoms with Crippen molar-refractivity contribution in [3.63, 3.8) is 0 Å². The number of thiophene rings is 1. The Labute approximate surface area is 185 Å². The number of fused-ring (bicyclic) bond motifs is 1. The average Bonchev–Trinajstić information content (AvgIpc) is 2.84. The molecule has 0 spiro atoms. The van der Waals surface area contributed by atoms with Crippen LogP contribution in [0.25, 0.3) is 0 Å². The highest BCUT2D eigenvalue weighted by molar-refractivity contribution is 7.16. The summed E-state index contributed by atoms with van der Waals surface area (Å²) in [6.45, 7) is 3.51. The predicted octanol–water partition coefficient (Wildman–Crippen LogP) is 6.19. The van der Waals surface area contributed by atoms with Crippen LogP contribution in [0.5, 0.6) is 0 Å². The second-order valence-electron chi connectivity index (χ2n) is 7.76. The van der Waals surface area contributed by atoms with Gasteiger partial charge < -0.3 is 5.73 Å². The number of alkyl halides is 6. The zero-order chi connectivity index (χ0) is 24.1. The lowest BCUT2D eigenvalue weighted by Crippen LogP contribution is -2.61. The molecular weight excluding hydrogens is 454 g/mol. The molecule has 0 saturated carbocycles. The van der Waals surface area contributed by atoms with Gasteiger partial charge in [-0.05, 0) is 38.2 Å². The van der Waals surface area contributed by atoms with Gasteiger partial charge in [0.25, 0.3) is 0 Å². The first-order valence-electron chi connectivity index (χ1n) is 9.94. The minimum absolute atomic E-state index is 0.125. The zero-order valence-corrected chi connectivity index (χ0v) is 18.1. The summed E-state index contributed by atoms with van der Waals surface area (Å²) in [6, 6.07) is 3.17. The monoisotopic (exact) mass is 474 g/mol. The van der Waals surface area contributed by atoms with E-state index < -0.39 is 41.5 Å².